The summed E-state index contributed by atoms with van der Waals surface area (Å²) in [4.78, 5) is 32.7. The van der Waals surface area contributed by atoms with Crippen molar-refractivity contribution in [2.75, 3.05) is 46.9 Å². The molecule has 0 amide bonds. The molecule has 0 saturated carbocycles. The second kappa shape index (κ2) is 15.0. The molecule has 0 spiro atoms. The van der Waals surface area contributed by atoms with Gasteiger partial charge in [0, 0.05) is 44.0 Å². The van der Waals surface area contributed by atoms with Gasteiger partial charge in [-0.2, -0.15) is 0 Å². The Labute approximate surface area is 282 Å². The van der Waals surface area contributed by atoms with Crippen LogP contribution in [0.15, 0.2) is 107 Å². The average Bonchev–Trinajstić information content (AvgIpc) is 3.10. The summed E-state index contributed by atoms with van der Waals surface area (Å²) in [5.74, 6) is 0. The smallest absolute Gasteiger partial charge is 0.330 e. The van der Waals surface area contributed by atoms with Crippen molar-refractivity contribution in [1.82, 2.24) is 24.0 Å². The van der Waals surface area contributed by atoms with Gasteiger partial charge in [0.15, 0.2) is 6.23 Å². The molecule has 0 bridgehead atoms. The number of aromatic amines is 1. The first-order valence-corrected chi connectivity index (χ1v) is 18.3. The van der Waals surface area contributed by atoms with Gasteiger partial charge in [-0.3, -0.25) is 19.2 Å². The highest BCUT2D eigenvalue weighted by Crippen LogP contribution is 2.49. The minimum Gasteiger partial charge on any atom is -0.350 e. The Balaban J connectivity index is 1.40. The molecule has 9 nitrogen and oxygen atoms in total. The van der Waals surface area contributed by atoms with E-state index in [-0.39, 0.29) is 6.61 Å². The van der Waals surface area contributed by atoms with Gasteiger partial charge in [0.25, 0.3) is 5.56 Å². The Morgan fingerprint density at radius 3 is 1.94 bits per heavy atom. The van der Waals surface area contributed by atoms with E-state index in [1.807, 2.05) is 18.2 Å². The number of nitrogens with one attached hydrogen (secondary N) is 1. The Morgan fingerprint density at radius 1 is 0.894 bits per heavy atom. The fraction of sp³-hybridized carbons (Fsp3) is 0.389. The van der Waals surface area contributed by atoms with Crippen molar-refractivity contribution >= 4 is 18.9 Å². The van der Waals surface area contributed by atoms with Gasteiger partial charge in [0.2, 0.25) is 7.65 Å². The van der Waals surface area contributed by atoms with Crippen LogP contribution >= 0.6 is 18.9 Å². The van der Waals surface area contributed by atoms with Gasteiger partial charge in [-0.25, -0.2) is 9.46 Å². The van der Waals surface area contributed by atoms with Crippen LogP contribution in [0.5, 0.6) is 0 Å². The summed E-state index contributed by atoms with van der Waals surface area (Å²) in [6.07, 6.45) is 2.55. The molecule has 3 unspecified atom stereocenters. The zero-order valence-electron chi connectivity index (χ0n) is 27.2. The van der Waals surface area contributed by atoms with Crippen LogP contribution in [-0.2, 0) is 14.8 Å². The molecule has 3 heterocycles. The van der Waals surface area contributed by atoms with Crippen LogP contribution in [0.3, 0.4) is 0 Å². The molecule has 4 aromatic rings. The summed E-state index contributed by atoms with van der Waals surface area (Å²) in [6.45, 7) is 4.58. The van der Waals surface area contributed by atoms with Crippen LogP contribution in [0.1, 0.15) is 41.3 Å². The third-order valence-electron chi connectivity index (χ3n) is 9.42. The molecule has 2 saturated heterocycles. The van der Waals surface area contributed by atoms with Crippen LogP contribution in [0, 0.1) is 6.92 Å². The van der Waals surface area contributed by atoms with Crippen molar-refractivity contribution in [3.8, 4) is 0 Å². The molecule has 47 heavy (non-hydrogen) atoms. The minimum atomic E-state index is -1.35. The third kappa shape index (κ3) is 7.18. The molecule has 3 atom stereocenters. The number of hydrogen-bond donors (Lipinski definition) is 1. The summed E-state index contributed by atoms with van der Waals surface area (Å²) in [7, 11) is 2.90. The molecule has 2 fully saturated rings. The van der Waals surface area contributed by atoms with E-state index >= 15 is 0 Å². The molecular formula is C36H43ClN5O4P. The fourth-order valence-corrected chi connectivity index (χ4v) is 8.60. The van der Waals surface area contributed by atoms with E-state index in [1.165, 1.54) is 4.57 Å². The van der Waals surface area contributed by atoms with Crippen molar-refractivity contribution in [3.63, 3.8) is 0 Å². The maximum atomic E-state index is 13.3. The predicted octanol–water partition coefficient (Wildman–Crippen LogP) is 5.54. The molecule has 3 aromatic carbocycles. The number of rotatable bonds is 10. The normalized spacial score (nSPS) is 20.8. The minimum absolute atomic E-state index is 0.251. The van der Waals surface area contributed by atoms with E-state index in [2.05, 4.69) is 106 Å². The number of aryl methyl sites for hydroxylation is 1. The summed E-state index contributed by atoms with van der Waals surface area (Å²) < 4.78 is 16.8. The van der Waals surface area contributed by atoms with Gasteiger partial charge in [-0.1, -0.05) is 91.0 Å². The van der Waals surface area contributed by atoms with Crippen LogP contribution in [-0.4, -0.2) is 83.0 Å². The van der Waals surface area contributed by atoms with Gasteiger partial charge in [-0.15, -0.1) is 0 Å². The van der Waals surface area contributed by atoms with Gasteiger partial charge in [0.1, 0.15) is 0 Å². The number of aromatic nitrogens is 2. The summed E-state index contributed by atoms with van der Waals surface area (Å²) in [6, 6.07) is 31.9. The first-order chi connectivity index (χ1) is 22.8. The summed E-state index contributed by atoms with van der Waals surface area (Å²) in [5.41, 5.74) is 2.05. The zero-order valence-corrected chi connectivity index (χ0v) is 28.8. The van der Waals surface area contributed by atoms with E-state index in [1.54, 1.807) is 13.1 Å². The molecule has 2 aliphatic heterocycles. The van der Waals surface area contributed by atoms with E-state index < -0.39 is 36.8 Å². The second-order valence-corrected chi connectivity index (χ2v) is 14.7. The Bertz CT molecular complexity index is 1620. The highest BCUT2D eigenvalue weighted by atomic mass is 35.7. The average molecular weight is 676 g/mol. The van der Waals surface area contributed by atoms with Gasteiger partial charge >= 0.3 is 5.69 Å². The topological polar surface area (TPSA) is 83.0 Å². The predicted molar refractivity (Wildman–Crippen MR) is 188 cm³/mol. The third-order valence-corrected chi connectivity index (χ3v) is 11.6. The van der Waals surface area contributed by atoms with Crippen molar-refractivity contribution in [2.45, 2.75) is 43.7 Å². The molecule has 11 heteroatoms. The lowest BCUT2D eigenvalue weighted by Crippen LogP contribution is -2.58. The molecule has 2 aliphatic rings. The standard InChI is InChI=1S/C36H43ClN5O4P/c1-27-23-42(35(44)38-34(27)43)33-25-40(24-32(46-33)26-45-47(37)41-21-19-31(20-22-41)39(2)3)36(28-13-7-4-8-14-28,29-15-9-5-10-16-29)30-17-11-6-12-18-30/h4-18,23,31-33H,19-22,24-26H2,1-3H3,(H,38,43,44). The summed E-state index contributed by atoms with van der Waals surface area (Å²) in [5, 5.41) is 0. The highest BCUT2D eigenvalue weighted by molar-refractivity contribution is 7.78. The number of halogens is 1. The largest absolute Gasteiger partial charge is 0.350 e. The molecule has 6 rings (SSSR count). The van der Waals surface area contributed by atoms with Crippen LogP contribution in [0.2, 0.25) is 0 Å². The Hall–Kier alpha value is -3.14. The maximum Gasteiger partial charge on any atom is 0.330 e. The number of piperidine rings is 1. The first-order valence-electron chi connectivity index (χ1n) is 16.2. The number of benzene rings is 3. The van der Waals surface area contributed by atoms with Gasteiger partial charge in [0.05, 0.1) is 18.2 Å². The number of hydrogen-bond acceptors (Lipinski definition) is 7. The quantitative estimate of drug-likeness (QED) is 0.175. The van der Waals surface area contributed by atoms with Crippen LogP contribution in [0.25, 0.3) is 0 Å². The summed E-state index contributed by atoms with van der Waals surface area (Å²) >= 11 is 6.93. The molecule has 0 radical (unpaired) electrons. The van der Waals surface area contributed by atoms with Crippen molar-refractivity contribution in [1.29, 1.82) is 0 Å². The lowest BCUT2D eigenvalue weighted by atomic mass is 9.75. The Kier molecular flexibility index (Phi) is 10.7. The first kappa shape index (κ1) is 33.7. The van der Waals surface area contributed by atoms with Crippen LogP contribution < -0.4 is 11.2 Å². The van der Waals surface area contributed by atoms with E-state index in [0.29, 0.717) is 24.7 Å². The van der Waals surface area contributed by atoms with E-state index in [4.69, 9.17) is 20.5 Å². The number of ether oxygens (including phenoxy) is 1. The molecule has 0 aliphatic carbocycles. The number of nitrogens with zero attached hydrogens (tertiary/aromatic N) is 4. The zero-order chi connectivity index (χ0) is 33.0. The Morgan fingerprint density at radius 2 is 1.43 bits per heavy atom. The highest BCUT2D eigenvalue weighted by Gasteiger charge is 2.46. The lowest BCUT2D eigenvalue weighted by Gasteiger charge is -2.50. The fourth-order valence-electron chi connectivity index (χ4n) is 6.97. The monoisotopic (exact) mass is 675 g/mol. The second-order valence-electron chi connectivity index (χ2n) is 12.6. The lowest BCUT2D eigenvalue weighted by molar-refractivity contribution is -0.148. The van der Waals surface area contributed by atoms with Crippen molar-refractivity contribution < 1.29 is 9.26 Å². The number of H-pyrrole nitrogens is 1. The molecule has 1 N–H and O–H groups in total. The van der Waals surface area contributed by atoms with Gasteiger partial charge in [-0.05, 0) is 61.8 Å². The molecule has 248 valence electrons. The number of morpholine rings is 1. The maximum absolute atomic E-state index is 13.3. The molecule has 1 aromatic heterocycles. The van der Waals surface area contributed by atoms with E-state index in [9.17, 15) is 9.59 Å². The van der Waals surface area contributed by atoms with E-state index in [0.717, 1.165) is 42.6 Å². The molecular weight excluding hydrogens is 633 g/mol. The van der Waals surface area contributed by atoms with Crippen LogP contribution in [0.4, 0.5) is 0 Å². The SMILES string of the molecule is Cc1cn(C2CN(C(c3ccccc3)(c3ccccc3)c3ccccc3)CC(COP(Cl)N3CCC(N(C)C)CC3)O2)c(=O)[nH]c1=O. The van der Waals surface area contributed by atoms with Crippen molar-refractivity contribution in [3.05, 3.63) is 140 Å². The van der Waals surface area contributed by atoms with Crippen molar-refractivity contribution in [2.24, 2.45) is 0 Å². The van der Waals surface area contributed by atoms with Gasteiger partial charge < -0.3 is 14.2 Å².